The maximum atomic E-state index is 13.6. The molecule has 2 nitrogen and oxygen atoms in total. The molecule has 0 N–H and O–H groups in total. The molecule has 1 aliphatic heterocycles. The van der Waals surface area contributed by atoms with Crippen LogP contribution in [0.15, 0.2) is 0 Å². The normalized spacial score (nSPS) is 39.4. The zero-order chi connectivity index (χ0) is 11.1. The number of carbonyl (C=O) groups is 1. The average Bonchev–Trinajstić information content (AvgIpc) is 1.93. The van der Waals surface area contributed by atoms with Crippen molar-refractivity contribution in [3.63, 3.8) is 0 Å². The van der Waals surface area contributed by atoms with Gasteiger partial charge in [0.25, 0.3) is 5.85 Å². The van der Waals surface area contributed by atoms with Gasteiger partial charge in [-0.1, -0.05) is 36.7 Å². The van der Waals surface area contributed by atoms with Crippen molar-refractivity contribution in [3.05, 3.63) is 6.42 Å². The Morgan fingerprint density at radius 1 is 1.57 bits per heavy atom. The Kier molecular flexibility index (Phi) is 2.96. The Labute approximate surface area is 92.3 Å². The summed E-state index contributed by atoms with van der Waals surface area (Å²) >= 11 is 3.16. The Morgan fingerprint density at radius 2 is 2.07 bits per heavy atom. The van der Waals surface area contributed by atoms with Gasteiger partial charge in [-0.05, 0) is 11.8 Å². The van der Waals surface area contributed by atoms with Gasteiger partial charge < -0.3 is 4.74 Å². The highest BCUT2D eigenvalue weighted by molar-refractivity contribution is 9.09. The molecule has 1 aliphatic rings. The zero-order valence-electron chi connectivity index (χ0n) is 8.80. The number of halogens is 2. The molecule has 0 amide bonds. The van der Waals surface area contributed by atoms with Gasteiger partial charge in [-0.25, -0.2) is 0 Å². The number of alkyl halides is 2. The largest absolute Gasteiger partial charge is 0.427 e. The Morgan fingerprint density at radius 3 is 2.50 bits per heavy atom. The lowest BCUT2D eigenvalue weighted by Crippen LogP contribution is -2.49. The van der Waals surface area contributed by atoms with Crippen LogP contribution in [0.5, 0.6) is 0 Å². The highest BCUT2D eigenvalue weighted by Crippen LogP contribution is 2.41. The first-order valence-electron chi connectivity index (χ1n) is 4.55. The Balaban J connectivity index is 2.83. The number of hydrogen-bond acceptors (Lipinski definition) is 2. The SMILES string of the molecule is CC(C)(C)[C@H]1[CH][C@H](Br)[C@@](C)(F)OC1=O. The van der Waals surface area contributed by atoms with E-state index in [0.717, 1.165) is 0 Å². The number of ether oxygens (including phenoxy) is 1. The molecule has 1 heterocycles. The van der Waals surface area contributed by atoms with Gasteiger partial charge in [0.1, 0.15) is 0 Å². The number of cyclic esters (lactones) is 1. The molecule has 0 bridgehead atoms. The van der Waals surface area contributed by atoms with Crippen molar-refractivity contribution in [1.29, 1.82) is 0 Å². The molecule has 0 aromatic carbocycles. The lowest BCUT2D eigenvalue weighted by molar-refractivity contribution is -0.191. The summed E-state index contributed by atoms with van der Waals surface area (Å²) in [5, 5.41) is 0. The summed E-state index contributed by atoms with van der Waals surface area (Å²) in [6.07, 6.45) is 1.67. The van der Waals surface area contributed by atoms with Crippen LogP contribution < -0.4 is 0 Å². The minimum atomic E-state index is -1.93. The van der Waals surface area contributed by atoms with Crippen molar-refractivity contribution in [1.82, 2.24) is 0 Å². The number of hydrogen-bond donors (Lipinski definition) is 0. The molecule has 3 atom stereocenters. The average molecular weight is 266 g/mol. The van der Waals surface area contributed by atoms with E-state index in [0.29, 0.717) is 0 Å². The monoisotopic (exact) mass is 265 g/mol. The van der Waals surface area contributed by atoms with Crippen LogP contribution in [0.1, 0.15) is 27.7 Å². The lowest BCUT2D eigenvalue weighted by Gasteiger charge is -2.39. The fourth-order valence-corrected chi connectivity index (χ4v) is 1.78. The summed E-state index contributed by atoms with van der Waals surface area (Å²) in [6, 6.07) is 0. The highest BCUT2D eigenvalue weighted by Gasteiger charge is 2.49. The van der Waals surface area contributed by atoms with Crippen molar-refractivity contribution in [3.8, 4) is 0 Å². The predicted molar refractivity (Wildman–Crippen MR) is 55.6 cm³/mol. The first kappa shape index (κ1) is 12.0. The maximum Gasteiger partial charge on any atom is 0.312 e. The molecule has 0 aliphatic carbocycles. The third-order valence-corrected chi connectivity index (χ3v) is 3.46. The molecule has 1 radical (unpaired) electrons. The first-order valence-corrected chi connectivity index (χ1v) is 5.47. The molecule has 1 fully saturated rings. The Bertz CT molecular complexity index is 245. The summed E-state index contributed by atoms with van der Waals surface area (Å²) in [5.41, 5.74) is -0.237. The van der Waals surface area contributed by atoms with Crippen LogP contribution in [-0.2, 0) is 9.53 Å². The van der Waals surface area contributed by atoms with Gasteiger partial charge in [0.15, 0.2) is 0 Å². The molecule has 81 valence electrons. The van der Waals surface area contributed by atoms with Crippen molar-refractivity contribution < 1.29 is 13.9 Å². The second-order valence-electron chi connectivity index (χ2n) is 4.84. The van der Waals surface area contributed by atoms with E-state index in [2.05, 4.69) is 15.9 Å². The summed E-state index contributed by atoms with van der Waals surface area (Å²) in [4.78, 5) is 10.9. The van der Waals surface area contributed by atoms with Gasteiger partial charge >= 0.3 is 5.97 Å². The van der Waals surface area contributed by atoms with Crippen LogP contribution in [0, 0.1) is 17.8 Å². The number of carbonyl (C=O) groups excluding carboxylic acids is 1. The van der Waals surface area contributed by atoms with Crippen molar-refractivity contribution in [2.45, 2.75) is 38.4 Å². The second kappa shape index (κ2) is 3.47. The van der Waals surface area contributed by atoms with Gasteiger partial charge in [-0.15, -0.1) is 0 Å². The summed E-state index contributed by atoms with van der Waals surface area (Å²) in [5.74, 6) is -2.78. The summed E-state index contributed by atoms with van der Waals surface area (Å²) in [6.45, 7) is 7.03. The summed E-state index contributed by atoms with van der Waals surface area (Å²) in [7, 11) is 0. The third-order valence-electron chi connectivity index (χ3n) is 2.34. The quantitative estimate of drug-likeness (QED) is 0.498. The molecule has 14 heavy (non-hydrogen) atoms. The Hall–Kier alpha value is -0.120. The van der Waals surface area contributed by atoms with Crippen LogP contribution in [0.4, 0.5) is 4.39 Å². The van der Waals surface area contributed by atoms with E-state index < -0.39 is 16.7 Å². The smallest absolute Gasteiger partial charge is 0.312 e. The van der Waals surface area contributed by atoms with Crippen molar-refractivity contribution in [2.24, 2.45) is 11.3 Å². The zero-order valence-corrected chi connectivity index (χ0v) is 10.4. The molecular formula is C10H15BrFO2. The molecule has 0 spiro atoms. The summed E-state index contributed by atoms with van der Waals surface area (Å²) < 4.78 is 18.3. The molecule has 0 unspecified atom stereocenters. The predicted octanol–water partition coefficient (Wildman–Crippen LogP) is 2.86. The van der Waals surface area contributed by atoms with Gasteiger partial charge in [-0.2, -0.15) is 4.39 Å². The highest BCUT2D eigenvalue weighted by atomic mass is 79.9. The standard InChI is InChI=1S/C10H15BrFO2/c1-9(2,3)6-5-7(11)10(4,12)14-8(6)13/h5-7H,1-4H3/t6-,7-,10-/m0/s1. The van der Waals surface area contributed by atoms with E-state index in [9.17, 15) is 9.18 Å². The van der Waals surface area contributed by atoms with Crippen molar-refractivity contribution >= 4 is 21.9 Å². The fourth-order valence-electron chi connectivity index (χ4n) is 1.38. The van der Waals surface area contributed by atoms with Crippen LogP contribution >= 0.6 is 15.9 Å². The van der Waals surface area contributed by atoms with Crippen LogP contribution in [0.2, 0.25) is 0 Å². The van der Waals surface area contributed by atoms with E-state index in [4.69, 9.17) is 4.74 Å². The molecule has 1 rings (SSSR count). The molecule has 4 heteroatoms. The molecule has 1 saturated heterocycles. The maximum absolute atomic E-state index is 13.6. The van der Waals surface area contributed by atoms with E-state index in [1.54, 1.807) is 6.42 Å². The lowest BCUT2D eigenvalue weighted by atomic mass is 9.76. The molecule has 0 saturated carbocycles. The number of esters is 1. The van der Waals surface area contributed by atoms with E-state index in [1.165, 1.54) is 6.92 Å². The van der Waals surface area contributed by atoms with Gasteiger partial charge in [0.2, 0.25) is 0 Å². The molecular weight excluding hydrogens is 251 g/mol. The minimum absolute atomic E-state index is 0.237. The van der Waals surface area contributed by atoms with Gasteiger partial charge in [0, 0.05) is 6.92 Å². The van der Waals surface area contributed by atoms with Crippen LogP contribution in [0.3, 0.4) is 0 Å². The van der Waals surface area contributed by atoms with Crippen LogP contribution in [0.25, 0.3) is 0 Å². The van der Waals surface area contributed by atoms with E-state index in [-0.39, 0.29) is 11.3 Å². The first-order chi connectivity index (χ1) is 6.14. The second-order valence-corrected chi connectivity index (χ2v) is 5.83. The van der Waals surface area contributed by atoms with E-state index in [1.807, 2.05) is 20.8 Å². The van der Waals surface area contributed by atoms with Gasteiger partial charge in [0.05, 0.1) is 10.7 Å². The third kappa shape index (κ3) is 2.27. The van der Waals surface area contributed by atoms with Gasteiger partial charge in [-0.3, -0.25) is 4.79 Å². The van der Waals surface area contributed by atoms with E-state index >= 15 is 0 Å². The number of rotatable bonds is 0. The minimum Gasteiger partial charge on any atom is -0.427 e. The molecule has 0 aromatic rings. The van der Waals surface area contributed by atoms with Crippen LogP contribution in [-0.4, -0.2) is 16.7 Å². The fraction of sp³-hybridized carbons (Fsp3) is 0.800. The van der Waals surface area contributed by atoms with Crippen molar-refractivity contribution in [2.75, 3.05) is 0 Å². The topological polar surface area (TPSA) is 26.3 Å². The molecule has 0 aromatic heterocycles.